The molecule has 0 radical (unpaired) electrons. The Morgan fingerprint density at radius 1 is 0.900 bits per heavy atom. The van der Waals surface area contributed by atoms with E-state index < -0.39 is 0 Å². The van der Waals surface area contributed by atoms with Gasteiger partial charge in [0.05, 0.1) is 0 Å². The van der Waals surface area contributed by atoms with Gasteiger partial charge < -0.3 is 0 Å². The molecule has 2 rings (SSSR count). The zero-order chi connectivity index (χ0) is 14.5. The lowest BCUT2D eigenvalue weighted by Gasteiger charge is -2.09. The lowest BCUT2D eigenvalue weighted by Crippen LogP contribution is -2.07. The van der Waals surface area contributed by atoms with Gasteiger partial charge in [0.2, 0.25) is 0 Å². The van der Waals surface area contributed by atoms with Crippen molar-refractivity contribution < 1.29 is 4.79 Å². The fourth-order valence-corrected chi connectivity index (χ4v) is 2.45. The van der Waals surface area contributed by atoms with Crippen molar-refractivity contribution in [1.82, 2.24) is 0 Å². The summed E-state index contributed by atoms with van der Waals surface area (Å²) >= 11 is 0. The van der Waals surface area contributed by atoms with Crippen LogP contribution in [0, 0.1) is 20.8 Å². The normalized spacial score (nSPS) is 10.6. The van der Waals surface area contributed by atoms with Crippen LogP contribution in [0.1, 0.15) is 34.2 Å². The van der Waals surface area contributed by atoms with E-state index in [-0.39, 0.29) is 0 Å². The van der Waals surface area contributed by atoms with Crippen molar-refractivity contribution in [3.05, 3.63) is 70.3 Å². The molecule has 0 aliphatic rings. The largest absolute Gasteiger partial charge is 0.299 e. The second-order valence-electron chi connectivity index (χ2n) is 5.57. The molecule has 1 nitrogen and oxygen atoms in total. The van der Waals surface area contributed by atoms with Crippen LogP contribution in [0.5, 0.6) is 0 Å². The van der Waals surface area contributed by atoms with Crippen LogP contribution >= 0.6 is 0 Å². The third-order valence-electron chi connectivity index (χ3n) is 3.83. The third kappa shape index (κ3) is 3.80. The molecular formula is C19H22O. The molecule has 0 N–H and O–H groups in total. The highest BCUT2D eigenvalue weighted by Gasteiger charge is 2.08. The maximum Gasteiger partial charge on any atom is 0.137 e. The zero-order valence-electron chi connectivity index (χ0n) is 12.6. The second kappa shape index (κ2) is 6.51. The molecule has 0 heterocycles. The van der Waals surface area contributed by atoms with E-state index in [9.17, 15) is 4.79 Å². The number of hydrogen-bond acceptors (Lipinski definition) is 1. The van der Waals surface area contributed by atoms with E-state index in [1.165, 1.54) is 27.8 Å². The highest BCUT2D eigenvalue weighted by molar-refractivity contribution is 5.81. The minimum Gasteiger partial charge on any atom is -0.299 e. The van der Waals surface area contributed by atoms with Gasteiger partial charge in [0.25, 0.3) is 0 Å². The summed E-state index contributed by atoms with van der Waals surface area (Å²) in [5, 5.41) is 0. The lowest BCUT2D eigenvalue weighted by molar-refractivity contribution is -0.118. The molecule has 0 saturated carbocycles. The first-order chi connectivity index (χ1) is 9.56. The Hall–Kier alpha value is -1.89. The van der Waals surface area contributed by atoms with Crippen LogP contribution in [0.2, 0.25) is 0 Å². The first-order valence-electron chi connectivity index (χ1n) is 7.18. The van der Waals surface area contributed by atoms with Gasteiger partial charge in [0, 0.05) is 12.8 Å². The van der Waals surface area contributed by atoms with Gasteiger partial charge in [-0.1, -0.05) is 48.0 Å². The molecule has 0 spiro atoms. The van der Waals surface area contributed by atoms with Crippen LogP contribution in [0.15, 0.2) is 42.5 Å². The van der Waals surface area contributed by atoms with Crippen LogP contribution in [0.3, 0.4) is 0 Å². The van der Waals surface area contributed by atoms with Crippen molar-refractivity contribution >= 4 is 5.78 Å². The van der Waals surface area contributed by atoms with E-state index in [1.807, 2.05) is 6.07 Å². The Morgan fingerprint density at radius 3 is 2.10 bits per heavy atom. The summed E-state index contributed by atoms with van der Waals surface area (Å²) in [6.45, 7) is 6.24. The topological polar surface area (TPSA) is 17.1 Å². The van der Waals surface area contributed by atoms with Crippen molar-refractivity contribution in [3.63, 3.8) is 0 Å². The fraction of sp³-hybridized carbons (Fsp3) is 0.316. The average Bonchev–Trinajstić information content (AvgIpc) is 2.42. The van der Waals surface area contributed by atoms with Gasteiger partial charge in [-0.05, 0) is 49.4 Å². The molecule has 2 aromatic carbocycles. The number of benzene rings is 2. The smallest absolute Gasteiger partial charge is 0.137 e. The molecule has 0 amide bonds. The average molecular weight is 266 g/mol. The number of hydrogen-bond donors (Lipinski definition) is 0. The fourth-order valence-electron chi connectivity index (χ4n) is 2.45. The highest BCUT2D eigenvalue weighted by atomic mass is 16.1. The molecule has 0 aromatic heterocycles. The molecule has 0 unspecified atom stereocenters. The molecule has 1 heteroatoms. The first kappa shape index (κ1) is 14.5. The van der Waals surface area contributed by atoms with Gasteiger partial charge >= 0.3 is 0 Å². The lowest BCUT2D eigenvalue weighted by atomic mass is 9.96. The van der Waals surface area contributed by atoms with Crippen molar-refractivity contribution in [2.24, 2.45) is 0 Å². The Morgan fingerprint density at radius 2 is 1.50 bits per heavy atom. The first-order valence-corrected chi connectivity index (χ1v) is 7.18. The molecule has 104 valence electrons. The minimum atomic E-state index is 0.322. The van der Waals surface area contributed by atoms with Crippen molar-refractivity contribution in [3.8, 4) is 0 Å². The van der Waals surface area contributed by atoms with Gasteiger partial charge in [-0.15, -0.1) is 0 Å². The van der Waals surface area contributed by atoms with Crippen LogP contribution in [0.25, 0.3) is 0 Å². The van der Waals surface area contributed by atoms with Crippen LogP contribution in [-0.4, -0.2) is 5.78 Å². The summed E-state index contributed by atoms with van der Waals surface area (Å²) < 4.78 is 0. The van der Waals surface area contributed by atoms with Gasteiger partial charge in [0.15, 0.2) is 0 Å². The molecule has 0 aliphatic heterocycles. The number of carbonyl (C=O) groups excluding carboxylic acids is 1. The molecule has 20 heavy (non-hydrogen) atoms. The molecule has 0 atom stereocenters. The Bertz CT molecular complexity index is 573. The van der Waals surface area contributed by atoms with Gasteiger partial charge in [0.1, 0.15) is 5.78 Å². The monoisotopic (exact) mass is 266 g/mol. The third-order valence-corrected chi connectivity index (χ3v) is 3.83. The molecule has 0 fully saturated rings. The predicted molar refractivity (Wildman–Crippen MR) is 84.1 cm³/mol. The summed E-state index contributed by atoms with van der Waals surface area (Å²) in [4.78, 5) is 12.2. The van der Waals surface area contributed by atoms with E-state index in [4.69, 9.17) is 0 Å². The van der Waals surface area contributed by atoms with Crippen LogP contribution in [-0.2, 0) is 17.6 Å². The SMILES string of the molecule is Cc1ccc(CCC(=O)Cc2c(C)cccc2C)cc1. The summed E-state index contributed by atoms with van der Waals surface area (Å²) in [6.07, 6.45) is 2.02. The van der Waals surface area contributed by atoms with E-state index in [0.29, 0.717) is 18.6 Å². The number of rotatable bonds is 5. The van der Waals surface area contributed by atoms with E-state index >= 15 is 0 Å². The quantitative estimate of drug-likeness (QED) is 0.786. The van der Waals surface area contributed by atoms with Gasteiger partial charge in [-0.2, -0.15) is 0 Å². The molecule has 0 saturated heterocycles. The van der Waals surface area contributed by atoms with Gasteiger partial charge in [-0.3, -0.25) is 4.79 Å². The van der Waals surface area contributed by atoms with Crippen molar-refractivity contribution in [2.45, 2.75) is 40.0 Å². The Kier molecular flexibility index (Phi) is 4.73. The van der Waals surface area contributed by atoms with Crippen LogP contribution < -0.4 is 0 Å². The van der Waals surface area contributed by atoms with E-state index in [0.717, 1.165) is 6.42 Å². The molecule has 2 aromatic rings. The summed E-state index contributed by atoms with van der Waals surface area (Å²) in [5.41, 5.74) is 6.13. The number of aryl methyl sites for hydroxylation is 4. The van der Waals surface area contributed by atoms with Crippen molar-refractivity contribution in [2.75, 3.05) is 0 Å². The maximum atomic E-state index is 12.2. The van der Waals surface area contributed by atoms with Gasteiger partial charge in [-0.25, -0.2) is 0 Å². The summed E-state index contributed by atoms with van der Waals surface area (Å²) in [7, 11) is 0. The number of carbonyl (C=O) groups is 1. The maximum absolute atomic E-state index is 12.2. The summed E-state index contributed by atoms with van der Waals surface area (Å²) in [5.74, 6) is 0.322. The highest BCUT2D eigenvalue weighted by Crippen LogP contribution is 2.15. The van der Waals surface area contributed by atoms with Crippen molar-refractivity contribution in [1.29, 1.82) is 0 Å². The van der Waals surface area contributed by atoms with E-state index in [2.05, 4.69) is 57.2 Å². The Balaban J connectivity index is 1.94. The number of ketones is 1. The standard InChI is InChI=1S/C19H22O/c1-14-7-9-17(10-8-14)11-12-18(20)13-19-15(2)5-4-6-16(19)3/h4-10H,11-13H2,1-3H3. The molecule has 0 bridgehead atoms. The predicted octanol–water partition coefficient (Wildman–Crippen LogP) is 4.36. The Labute approximate surface area is 121 Å². The second-order valence-corrected chi connectivity index (χ2v) is 5.57. The molecule has 0 aliphatic carbocycles. The zero-order valence-corrected chi connectivity index (χ0v) is 12.6. The molecular weight excluding hydrogens is 244 g/mol. The van der Waals surface area contributed by atoms with E-state index in [1.54, 1.807) is 0 Å². The van der Waals surface area contributed by atoms with Crippen LogP contribution in [0.4, 0.5) is 0 Å². The summed E-state index contributed by atoms with van der Waals surface area (Å²) in [6, 6.07) is 14.6. The number of Topliss-reactive ketones (excluding diaryl/α,β-unsaturated/α-hetero) is 1. The minimum absolute atomic E-state index is 0.322.